The summed E-state index contributed by atoms with van der Waals surface area (Å²) in [6.45, 7) is 0. The number of hydrogen-bond donors (Lipinski definition) is 1. The van der Waals surface area contributed by atoms with E-state index >= 15 is 0 Å². The molecule has 2 heterocycles. The maximum absolute atomic E-state index is 13.8. The molecule has 0 aliphatic carbocycles. The molecule has 0 bridgehead atoms. The third-order valence-electron chi connectivity index (χ3n) is 4.50. The van der Waals surface area contributed by atoms with Crippen LogP contribution in [0.15, 0.2) is 32.9 Å². The first-order valence-corrected chi connectivity index (χ1v) is 10.6. The highest BCUT2D eigenvalue weighted by Gasteiger charge is 2.26. The monoisotopic (exact) mass is 457 g/mol. The molecule has 0 aliphatic rings. The number of hydrogen-bond acceptors (Lipinski definition) is 6. The minimum atomic E-state index is -4.10. The predicted molar refractivity (Wildman–Crippen MR) is 108 cm³/mol. The number of aryl methyl sites for hydroxylation is 2. The normalized spacial score (nSPS) is 11.8. The Balaban J connectivity index is 1.88. The van der Waals surface area contributed by atoms with Gasteiger partial charge in [0.15, 0.2) is 11.2 Å². The van der Waals surface area contributed by atoms with Crippen LogP contribution in [0, 0.1) is 5.82 Å². The fourth-order valence-electron chi connectivity index (χ4n) is 2.96. The van der Waals surface area contributed by atoms with Crippen LogP contribution >= 0.6 is 11.6 Å². The summed E-state index contributed by atoms with van der Waals surface area (Å²) in [6.07, 6.45) is -0.482. The van der Waals surface area contributed by atoms with Gasteiger partial charge in [0.05, 0.1) is 11.4 Å². The number of nitrogens with zero attached hydrogens (tertiary/aromatic N) is 4. The number of benzene rings is 1. The lowest BCUT2D eigenvalue weighted by molar-refractivity contribution is -0.115. The Labute approximate surface area is 174 Å². The number of imidazole rings is 1. The molecule has 0 aliphatic heterocycles. The van der Waals surface area contributed by atoms with Crippen LogP contribution in [0.25, 0.3) is 11.2 Å². The Morgan fingerprint density at radius 1 is 1.17 bits per heavy atom. The zero-order valence-electron chi connectivity index (χ0n) is 16.1. The number of sulfone groups is 1. The van der Waals surface area contributed by atoms with Crippen molar-refractivity contribution in [2.24, 2.45) is 21.1 Å². The van der Waals surface area contributed by atoms with Gasteiger partial charge in [-0.1, -0.05) is 11.6 Å². The van der Waals surface area contributed by atoms with Gasteiger partial charge in [-0.3, -0.25) is 18.7 Å². The second-order valence-corrected chi connectivity index (χ2v) is 9.01. The first-order valence-electron chi connectivity index (χ1n) is 8.54. The quantitative estimate of drug-likeness (QED) is 0.597. The average Bonchev–Trinajstić information content (AvgIpc) is 3.03. The first kappa shape index (κ1) is 21.7. The van der Waals surface area contributed by atoms with Gasteiger partial charge in [0, 0.05) is 32.6 Å². The summed E-state index contributed by atoms with van der Waals surface area (Å²) >= 11 is 5.65. The molecule has 0 radical (unpaired) electrons. The number of aromatic nitrogens is 4. The van der Waals surface area contributed by atoms with E-state index in [-0.39, 0.29) is 21.9 Å². The van der Waals surface area contributed by atoms with Gasteiger partial charge in [-0.15, -0.1) is 0 Å². The van der Waals surface area contributed by atoms with E-state index in [9.17, 15) is 27.2 Å². The van der Waals surface area contributed by atoms with Crippen molar-refractivity contribution in [3.63, 3.8) is 0 Å². The number of carbonyl (C=O) groups is 1. The van der Waals surface area contributed by atoms with Crippen LogP contribution in [-0.2, 0) is 35.8 Å². The Morgan fingerprint density at radius 3 is 2.47 bits per heavy atom. The third kappa shape index (κ3) is 3.75. The van der Waals surface area contributed by atoms with Crippen molar-refractivity contribution in [2.45, 2.75) is 11.6 Å². The van der Waals surface area contributed by atoms with E-state index in [4.69, 9.17) is 11.6 Å². The van der Waals surface area contributed by atoms with Crippen LogP contribution in [0.4, 0.5) is 10.1 Å². The molecule has 1 N–H and O–H groups in total. The van der Waals surface area contributed by atoms with Crippen molar-refractivity contribution in [1.29, 1.82) is 0 Å². The molecule has 13 heteroatoms. The van der Waals surface area contributed by atoms with E-state index in [0.29, 0.717) is 0 Å². The summed E-state index contributed by atoms with van der Waals surface area (Å²) in [7, 11) is -0.110. The molecule has 1 amide bonds. The number of halogens is 2. The largest absolute Gasteiger partial charge is 0.332 e. The van der Waals surface area contributed by atoms with Crippen molar-refractivity contribution < 1.29 is 17.6 Å². The second-order valence-electron chi connectivity index (χ2n) is 6.57. The van der Waals surface area contributed by atoms with E-state index < -0.39 is 50.1 Å². The zero-order valence-corrected chi connectivity index (χ0v) is 17.7. The maximum atomic E-state index is 13.8. The van der Waals surface area contributed by atoms with E-state index in [0.717, 1.165) is 19.8 Å². The lowest BCUT2D eigenvalue weighted by Crippen LogP contribution is -2.37. The number of nitrogens with one attached hydrogen (secondary N) is 1. The molecule has 3 rings (SSSR count). The van der Waals surface area contributed by atoms with Crippen molar-refractivity contribution in [2.75, 3.05) is 11.1 Å². The molecule has 3 aromatic rings. The third-order valence-corrected chi connectivity index (χ3v) is 6.40. The van der Waals surface area contributed by atoms with Crippen molar-refractivity contribution in [3.8, 4) is 0 Å². The fraction of sp³-hybridized carbons (Fsp3) is 0.294. The van der Waals surface area contributed by atoms with Gasteiger partial charge in [0.25, 0.3) is 5.56 Å². The number of fused-ring (bicyclic) bond motifs is 1. The van der Waals surface area contributed by atoms with Crippen LogP contribution in [0.2, 0.25) is 5.02 Å². The van der Waals surface area contributed by atoms with Gasteiger partial charge in [0.1, 0.15) is 5.82 Å². The molecule has 0 unspecified atom stereocenters. The van der Waals surface area contributed by atoms with Crippen molar-refractivity contribution >= 4 is 44.2 Å². The second kappa shape index (κ2) is 7.69. The van der Waals surface area contributed by atoms with Crippen LogP contribution < -0.4 is 16.6 Å². The summed E-state index contributed by atoms with van der Waals surface area (Å²) in [6, 6.07) is 3.64. The molecule has 0 fully saturated rings. The van der Waals surface area contributed by atoms with Gasteiger partial charge in [-0.2, -0.15) is 0 Å². The Kier molecular flexibility index (Phi) is 5.56. The first-order chi connectivity index (χ1) is 13.9. The lowest BCUT2D eigenvalue weighted by Gasteiger charge is -2.08. The van der Waals surface area contributed by atoms with Gasteiger partial charge >= 0.3 is 5.69 Å². The van der Waals surface area contributed by atoms with Gasteiger partial charge in [-0.05, 0) is 18.2 Å². The van der Waals surface area contributed by atoms with Crippen molar-refractivity contribution in [3.05, 3.63) is 49.9 Å². The lowest BCUT2D eigenvalue weighted by atomic mass is 10.3. The molecular weight excluding hydrogens is 441 g/mol. The van der Waals surface area contributed by atoms with Gasteiger partial charge in [-0.25, -0.2) is 22.6 Å². The van der Waals surface area contributed by atoms with Gasteiger partial charge in [0.2, 0.25) is 20.9 Å². The van der Waals surface area contributed by atoms with Crippen LogP contribution in [0.5, 0.6) is 0 Å². The average molecular weight is 458 g/mol. The standard InChI is InChI=1S/C17H17ClFN5O5S/c1-22-14-13(15(26)24(3)17(27)23(14)2)21-16(22)30(28,29)7-6-12(25)20-11-5-4-9(18)8-10(11)19/h4-5,8H,6-7H2,1-3H3,(H,20,25). The Hall–Kier alpha value is -2.99. The predicted octanol–water partition coefficient (Wildman–Crippen LogP) is 0.566. The number of anilines is 1. The van der Waals surface area contributed by atoms with Crippen molar-refractivity contribution in [1.82, 2.24) is 18.7 Å². The summed E-state index contributed by atoms with van der Waals surface area (Å²) in [5.74, 6) is -2.13. The maximum Gasteiger partial charge on any atom is 0.332 e. The molecule has 2 aromatic heterocycles. The van der Waals surface area contributed by atoms with Crippen LogP contribution in [-0.4, -0.2) is 38.8 Å². The van der Waals surface area contributed by atoms with Crippen LogP contribution in [0.1, 0.15) is 6.42 Å². The fourth-order valence-corrected chi connectivity index (χ4v) is 4.49. The molecule has 10 nitrogen and oxygen atoms in total. The smallest absolute Gasteiger partial charge is 0.324 e. The Bertz CT molecular complexity index is 1410. The van der Waals surface area contributed by atoms with E-state index in [2.05, 4.69) is 10.3 Å². The summed E-state index contributed by atoms with van der Waals surface area (Å²) < 4.78 is 42.3. The summed E-state index contributed by atoms with van der Waals surface area (Å²) in [4.78, 5) is 40.4. The topological polar surface area (TPSA) is 125 Å². The SMILES string of the molecule is Cn1c(=O)c2nc(S(=O)(=O)CCC(=O)Nc3ccc(Cl)cc3F)n(C)c2n(C)c1=O. The number of carbonyl (C=O) groups excluding carboxylic acids is 1. The minimum absolute atomic E-state index is 0.0364. The molecule has 1 aromatic carbocycles. The molecule has 160 valence electrons. The molecule has 0 saturated carbocycles. The highest BCUT2D eigenvalue weighted by Crippen LogP contribution is 2.20. The van der Waals surface area contributed by atoms with E-state index in [1.807, 2.05) is 0 Å². The highest BCUT2D eigenvalue weighted by atomic mass is 35.5. The number of rotatable bonds is 5. The van der Waals surface area contributed by atoms with Crippen LogP contribution in [0.3, 0.4) is 0 Å². The highest BCUT2D eigenvalue weighted by molar-refractivity contribution is 7.91. The van der Waals surface area contributed by atoms with Gasteiger partial charge < -0.3 is 9.88 Å². The summed E-state index contributed by atoms with van der Waals surface area (Å²) in [5.41, 5.74) is -1.66. The number of amides is 1. The minimum Gasteiger partial charge on any atom is -0.324 e. The van der Waals surface area contributed by atoms with E-state index in [1.165, 1.54) is 33.3 Å². The van der Waals surface area contributed by atoms with E-state index in [1.54, 1.807) is 0 Å². The Morgan fingerprint density at radius 2 is 1.83 bits per heavy atom. The molecule has 0 saturated heterocycles. The molecular formula is C17H17ClFN5O5S. The molecule has 0 spiro atoms. The summed E-state index contributed by atoms with van der Waals surface area (Å²) in [5, 5.41) is 1.96. The zero-order chi connectivity index (χ0) is 22.4. The molecule has 0 atom stereocenters. The molecule has 30 heavy (non-hydrogen) atoms.